The van der Waals surface area contributed by atoms with Gasteiger partial charge in [-0.1, -0.05) is 18.2 Å². The van der Waals surface area contributed by atoms with E-state index in [1.165, 1.54) is 18.4 Å². The van der Waals surface area contributed by atoms with Crippen molar-refractivity contribution in [3.8, 4) is 0 Å². The Balaban J connectivity index is 2.07. The molecule has 0 spiro atoms. The van der Waals surface area contributed by atoms with E-state index >= 15 is 0 Å². The lowest BCUT2D eigenvalue weighted by molar-refractivity contribution is -0.138. The van der Waals surface area contributed by atoms with E-state index in [0.29, 0.717) is 16.3 Å². The second-order valence-corrected chi connectivity index (χ2v) is 4.85. The van der Waals surface area contributed by atoms with Gasteiger partial charge in [0.2, 0.25) is 0 Å². The summed E-state index contributed by atoms with van der Waals surface area (Å²) in [6.07, 6.45) is 0. The first-order chi connectivity index (χ1) is 9.70. The second-order valence-electron chi connectivity index (χ2n) is 3.91. The maximum absolute atomic E-state index is 12.0. The molecule has 0 aliphatic heterocycles. The van der Waals surface area contributed by atoms with Crippen molar-refractivity contribution in [1.82, 2.24) is 0 Å². The molecule has 0 saturated heterocycles. The number of para-hydroxylation sites is 2. The first-order valence-electron chi connectivity index (χ1n) is 5.95. The van der Waals surface area contributed by atoms with Crippen molar-refractivity contribution in [2.75, 3.05) is 24.3 Å². The molecule has 1 aromatic heterocycles. The zero-order chi connectivity index (χ0) is 14.4. The molecule has 2 aromatic rings. The summed E-state index contributed by atoms with van der Waals surface area (Å²) in [6, 6.07) is 10.8. The summed E-state index contributed by atoms with van der Waals surface area (Å²) in [5, 5.41) is 7.58. The number of ether oxygens (including phenoxy) is 1. The number of benzene rings is 1. The van der Waals surface area contributed by atoms with Gasteiger partial charge in [-0.25, -0.2) is 0 Å². The third-order valence-corrected chi connectivity index (χ3v) is 3.44. The Hall–Kier alpha value is -2.34. The van der Waals surface area contributed by atoms with Gasteiger partial charge >= 0.3 is 5.97 Å². The minimum absolute atomic E-state index is 0.0440. The third-order valence-electron chi connectivity index (χ3n) is 2.57. The van der Waals surface area contributed by atoms with Crippen molar-refractivity contribution < 1.29 is 14.3 Å². The molecule has 20 heavy (non-hydrogen) atoms. The number of anilines is 2. The number of hydrogen-bond donors (Lipinski definition) is 2. The van der Waals surface area contributed by atoms with Gasteiger partial charge in [-0.3, -0.25) is 9.59 Å². The van der Waals surface area contributed by atoms with Crippen LogP contribution in [0.3, 0.4) is 0 Å². The van der Waals surface area contributed by atoms with E-state index in [1.807, 2.05) is 23.6 Å². The molecule has 2 N–H and O–H groups in total. The van der Waals surface area contributed by atoms with Crippen LogP contribution in [0.25, 0.3) is 0 Å². The molecular weight excluding hydrogens is 276 g/mol. The maximum Gasteiger partial charge on any atom is 0.325 e. The molecule has 0 atom stereocenters. The second kappa shape index (κ2) is 6.72. The zero-order valence-corrected chi connectivity index (χ0v) is 11.7. The highest BCUT2D eigenvalue weighted by Gasteiger charge is 2.10. The number of rotatable bonds is 5. The fraction of sp³-hybridized carbons (Fsp3) is 0.143. The Labute approximate surface area is 120 Å². The Morgan fingerprint density at radius 2 is 1.90 bits per heavy atom. The molecular formula is C14H14N2O3S. The van der Waals surface area contributed by atoms with E-state index in [1.54, 1.807) is 18.2 Å². The highest BCUT2D eigenvalue weighted by molar-refractivity contribution is 7.12. The molecule has 6 heteroatoms. The smallest absolute Gasteiger partial charge is 0.325 e. The van der Waals surface area contributed by atoms with Crippen molar-refractivity contribution >= 4 is 34.6 Å². The quantitative estimate of drug-likeness (QED) is 0.831. The number of carbonyl (C=O) groups excluding carboxylic acids is 2. The molecule has 0 aliphatic carbocycles. The fourth-order valence-electron chi connectivity index (χ4n) is 1.58. The van der Waals surface area contributed by atoms with Crippen molar-refractivity contribution in [2.24, 2.45) is 0 Å². The van der Waals surface area contributed by atoms with Crippen LogP contribution in [0.4, 0.5) is 11.4 Å². The van der Waals surface area contributed by atoms with E-state index in [-0.39, 0.29) is 18.4 Å². The number of amides is 1. The van der Waals surface area contributed by atoms with E-state index < -0.39 is 0 Å². The van der Waals surface area contributed by atoms with Crippen LogP contribution >= 0.6 is 11.3 Å². The molecule has 0 unspecified atom stereocenters. The monoisotopic (exact) mass is 290 g/mol. The van der Waals surface area contributed by atoms with Crippen LogP contribution in [-0.4, -0.2) is 25.5 Å². The number of nitrogens with one attached hydrogen (secondary N) is 2. The molecule has 5 nitrogen and oxygen atoms in total. The summed E-state index contributed by atoms with van der Waals surface area (Å²) in [5.74, 6) is -0.545. The number of hydrogen-bond acceptors (Lipinski definition) is 5. The lowest BCUT2D eigenvalue weighted by Crippen LogP contribution is -2.17. The number of esters is 1. The fourth-order valence-corrected chi connectivity index (χ4v) is 2.20. The van der Waals surface area contributed by atoms with E-state index in [2.05, 4.69) is 15.4 Å². The molecule has 0 saturated carbocycles. The standard InChI is InChI=1S/C14H14N2O3S/c1-19-13(17)9-15-10-5-2-3-6-11(10)16-14(18)12-7-4-8-20-12/h2-8,15H,9H2,1H3,(H,16,18). The predicted octanol–water partition coefficient (Wildman–Crippen LogP) is 2.59. The first kappa shape index (κ1) is 14.1. The van der Waals surface area contributed by atoms with Gasteiger partial charge in [-0.2, -0.15) is 0 Å². The van der Waals surface area contributed by atoms with Crippen LogP contribution in [0.2, 0.25) is 0 Å². The van der Waals surface area contributed by atoms with E-state index in [9.17, 15) is 9.59 Å². The normalized spacial score (nSPS) is 9.85. The summed E-state index contributed by atoms with van der Waals surface area (Å²) in [4.78, 5) is 23.8. The van der Waals surface area contributed by atoms with Crippen LogP contribution in [-0.2, 0) is 9.53 Å². The average molecular weight is 290 g/mol. The molecule has 1 amide bonds. The zero-order valence-electron chi connectivity index (χ0n) is 10.9. The summed E-state index contributed by atoms with van der Waals surface area (Å²) >= 11 is 1.37. The number of carbonyl (C=O) groups is 2. The van der Waals surface area contributed by atoms with Crippen molar-refractivity contribution in [1.29, 1.82) is 0 Å². The molecule has 0 radical (unpaired) electrons. The van der Waals surface area contributed by atoms with Gasteiger partial charge in [0.15, 0.2) is 0 Å². The van der Waals surface area contributed by atoms with Crippen molar-refractivity contribution in [3.05, 3.63) is 46.7 Å². The summed E-state index contributed by atoms with van der Waals surface area (Å²) in [6.45, 7) is 0.0440. The Kier molecular flexibility index (Phi) is 4.73. The molecule has 1 aromatic carbocycles. The summed E-state index contributed by atoms with van der Waals surface area (Å²) in [5.41, 5.74) is 1.29. The van der Waals surface area contributed by atoms with Gasteiger partial charge in [-0.15, -0.1) is 11.3 Å². The van der Waals surface area contributed by atoms with Crippen molar-refractivity contribution in [2.45, 2.75) is 0 Å². The summed E-state index contributed by atoms with van der Waals surface area (Å²) in [7, 11) is 1.33. The average Bonchev–Trinajstić information content (AvgIpc) is 3.00. The Bertz CT molecular complexity index is 596. The van der Waals surface area contributed by atoms with Gasteiger partial charge in [0, 0.05) is 0 Å². The van der Waals surface area contributed by atoms with E-state index in [4.69, 9.17) is 0 Å². The van der Waals surface area contributed by atoms with E-state index in [0.717, 1.165) is 0 Å². The van der Waals surface area contributed by atoms with Gasteiger partial charge in [0.1, 0.15) is 6.54 Å². The first-order valence-corrected chi connectivity index (χ1v) is 6.83. The number of methoxy groups -OCH3 is 1. The molecule has 0 bridgehead atoms. The number of thiophene rings is 1. The third kappa shape index (κ3) is 3.58. The van der Waals surface area contributed by atoms with Crippen LogP contribution in [0.15, 0.2) is 41.8 Å². The SMILES string of the molecule is COC(=O)CNc1ccccc1NC(=O)c1cccs1. The lowest BCUT2D eigenvalue weighted by Gasteiger charge is -2.11. The van der Waals surface area contributed by atoms with Crippen LogP contribution in [0.1, 0.15) is 9.67 Å². The molecule has 104 valence electrons. The minimum atomic E-state index is -0.371. The Morgan fingerprint density at radius 3 is 2.55 bits per heavy atom. The van der Waals surface area contributed by atoms with Gasteiger partial charge in [0.05, 0.1) is 23.4 Å². The van der Waals surface area contributed by atoms with Gasteiger partial charge in [0.25, 0.3) is 5.91 Å². The topological polar surface area (TPSA) is 67.4 Å². The van der Waals surface area contributed by atoms with Gasteiger partial charge in [-0.05, 0) is 23.6 Å². The van der Waals surface area contributed by atoms with Crippen LogP contribution in [0.5, 0.6) is 0 Å². The lowest BCUT2D eigenvalue weighted by atomic mass is 10.2. The van der Waals surface area contributed by atoms with Gasteiger partial charge < -0.3 is 15.4 Å². The van der Waals surface area contributed by atoms with Crippen molar-refractivity contribution in [3.63, 3.8) is 0 Å². The van der Waals surface area contributed by atoms with Crippen LogP contribution in [0, 0.1) is 0 Å². The highest BCUT2D eigenvalue weighted by Crippen LogP contribution is 2.22. The highest BCUT2D eigenvalue weighted by atomic mass is 32.1. The largest absolute Gasteiger partial charge is 0.468 e. The Morgan fingerprint density at radius 1 is 1.15 bits per heavy atom. The summed E-state index contributed by atoms with van der Waals surface area (Å²) < 4.78 is 4.56. The predicted molar refractivity (Wildman–Crippen MR) is 79.2 cm³/mol. The molecule has 1 heterocycles. The minimum Gasteiger partial charge on any atom is -0.468 e. The molecule has 0 aliphatic rings. The maximum atomic E-state index is 12.0. The molecule has 0 fully saturated rings. The van der Waals surface area contributed by atoms with Crippen LogP contribution < -0.4 is 10.6 Å². The molecule has 2 rings (SSSR count).